The number of carbonyl (C=O) groups is 1. The SMILES string of the molecule is Cc1c(C(=O)N2CCCC2C2CCCN2)cnn1C. The lowest BCUT2D eigenvalue weighted by Gasteiger charge is -2.29. The van der Waals surface area contributed by atoms with Gasteiger partial charge in [0.25, 0.3) is 5.91 Å². The predicted octanol–water partition coefficient (Wildman–Crippen LogP) is 1.09. The van der Waals surface area contributed by atoms with Gasteiger partial charge in [-0.25, -0.2) is 0 Å². The van der Waals surface area contributed by atoms with Gasteiger partial charge in [0.2, 0.25) is 0 Å². The van der Waals surface area contributed by atoms with Crippen LogP contribution in [0.3, 0.4) is 0 Å². The zero-order chi connectivity index (χ0) is 13.4. The number of aromatic nitrogens is 2. The highest BCUT2D eigenvalue weighted by molar-refractivity contribution is 5.95. The standard InChI is InChI=1S/C14H22N4O/c1-10-11(9-16-17(10)2)14(19)18-8-4-6-13(18)12-5-3-7-15-12/h9,12-13,15H,3-8H2,1-2H3. The first-order valence-corrected chi connectivity index (χ1v) is 7.21. The van der Waals surface area contributed by atoms with Crippen LogP contribution in [0.4, 0.5) is 0 Å². The molecule has 1 aromatic heterocycles. The smallest absolute Gasteiger partial charge is 0.257 e. The van der Waals surface area contributed by atoms with Gasteiger partial charge in [-0.3, -0.25) is 9.48 Å². The fourth-order valence-corrected chi connectivity index (χ4v) is 3.37. The first kappa shape index (κ1) is 12.7. The van der Waals surface area contributed by atoms with Crippen LogP contribution in [0.15, 0.2) is 6.20 Å². The van der Waals surface area contributed by atoms with Gasteiger partial charge in [-0.2, -0.15) is 5.10 Å². The lowest BCUT2D eigenvalue weighted by Crippen LogP contribution is -2.46. The summed E-state index contributed by atoms with van der Waals surface area (Å²) in [6.07, 6.45) is 6.38. The fourth-order valence-electron chi connectivity index (χ4n) is 3.37. The number of nitrogens with zero attached hydrogens (tertiary/aromatic N) is 3. The Kier molecular flexibility index (Phi) is 3.31. The van der Waals surface area contributed by atoms with Crippen molar-refractivity contribution in [1.29, 1.82) is 0 Å². The van der Waals surface area contributed by atoms with Crippen molar-refractivity contribution in [3.05, 3.63) is 17.5 Å². The molecule has 0 aromatic carbocycles. The molecule has 1 aromatic rings. The van der Waals surface area contributed by atoms with E-state index in [1.165, 1.54) is 12.8 Å². The van der Waals surface area contributed by atoms with Crippen molar-refractivity contribution in [1.82, 2.24) is 20.0 Å². The summed E-state index contributed by atoms with van der Waals surface area (Å²) in [6.45, 7) is 3.93. The third-order valence-electron chi connectivity index (χ3n) is 4.59. The van der Waals surface area contributed by atoms with Gasteiger partial charge in [0.15, 0.2) is 0 Å². The van der Waals surface area contributed by atoms with Crippen molar-refractivity contribution in [2.45, 2.75) is 44.7 Å². The van der Waals surface area contributed by atoms with Gasteiger partial charge >= 0.3 is 0 Å². The Morgan fingerprint density at radius 1 is 1.42 bits per heavy atom. The highest BCUT2D eigenvalue weighted by Crippen LogP contribution is 2.26. The Morgan fingerprint density at radius 2 is 2.26 bits per heavy atom. The Balaban J connectivity index is 1.80. The van der Waals surface area contributed by atoms with Crippen LogP contribution in [0, 0.1) is 6.92 Å². The molecule has 2 saturated heterocycles. The van der Waals surface area contributed by atoms with Crippen molar-refractivity contribution in [3.8, 4) is 0 Å². The fraction of sp³-hybridized carbons (Fsp3) is 0.714. The Morgan fingerprint density at radius 3 is 2.89 bits per heavy atom. The van der Waals surface area contributed by atoms with Gasteiger partial charge in [0.1, 0.15) is 0 Å². The van der Waals surface area contributed by atoms with Crippen LogP contribution >= 0.6 is 0 Å². The summed E-state index contributed by atoms with van der Waals surface area (Å²) in [5, 5.41) is 7.72. The molecule has 1 N–H and O–H groups in total. The van der Waals surface area contributed by atoms with Crippen molar-refractivity contribution in [3.63, 3.8) is 0 Å². The molecule has 0 spiro atoms. The normalized spacial score (nSPS) is 27.2. The van der Waals surface area contributed by atoms with Crippen LogP contribution in [0.2, 0.25) is 0 Å². The molecule has 2 unspecified atom stereocenters. The Labute approximate surface area is 114 Å². The van der Waals surface area contributed by atoms with Crippen LogP contribution < -0.4 is 5.32 Å². The summed E-state index contributed by atoms with van der Waals surface area (Å²) in [6, 6.07) is 0.859. The van der Waals surface area contributed by atoms with E-state index in [2.05, 4.69) is 15.3 Å². The first-order chi connectivity index (χ1) is 9.18. The number of aryl methyl sites for hydroxylation is 1. The maximum atomic E-state index is 12.7. The lowest BCUT2D eigenvalue weighted by atomic mass is 10.0. The van der Waals surface area contributed by atoms with Crippen molar-refractivity contribution in [2.75, 3.05) is 13.1 Å². The Hall–Kier alpha value is -1.36. The summed E-state index contributed by atoms with van der Waals surface area (Å²) in [4.78, 5) is 14.8. The number of likely N-dealkylation sites (tertiary alicyclic amines) is 1. The third kappa shape index (κ3) is 2.16. The quantitative estimate of drug-likeness (QED) is 0.868. The number of nitrogens with one attached hydrogen (secondary N) is 1. The largest absolute Gasteiger partial charge is 0.334 e. The number of hydrogen-bond acceptors (Lipinski definition) is 3. The van der Waals surface area contributed by atoms with E-state index in [0.717, 1.165) is 37.2 Å². The summed E-state index contributed by atoms with van der Waals surface area (Å²) >= 11 is 0. The van der Waals surface area contributed by atoms with Gasteiger partial charge in [-0.15, -0.1) is 0 Å². The lowest BCUT2D eigenvalue weighted by molar-refractivity contribution is 0.0710. The molecule has 1 amide bonds. The van der Waals surface area contributed by atoms with Crippen molar-refractivity contribution >= 4 is 5.91 Å². The van der Waals surface area contributed by atoms with E-state index >= 15 is 0 Å². The third-order valence-corrected chi connectivity index (χ3v) is 4.59. The first-order valence-electron chi connectivity index (χ1n) is 7.21. The molecule has 0 aliphatic carbocycles. The molecule has 19 heavy (non-hydrogen) atoms. The molecule has 0 radical (unpaired) electrons. The van der Waals surface area contributed by atoms with Crippen molar-refractivity contribution in [2.24, 2.45) is 7.05 Å². The number of hydrogen-bond donors (Lipinski definition) is 1. The molecule has 3 heterocycles. The molecule has 2 aliphatic rings. The van der Waals surface area contributed by atoms with E-state index in [4.69, 9.17) is 0 Å². The second kappa shape index (κ2) is 4.96. The summed E-state index contributed by atoms with van der Waals surface area (Å²) < 4.78 is 1.77. The molecule has 5 nitrogen and oxygen atoms in total. The molecule has 0 bridgehead atoms. The highest BCUT2D eigenvalue weighted by atomic mass is 16.2. The zero-order valence-corrected chi connectivity index (χ0v) is 11.7. The molecular weight excluding hydrogens is 240 g/mol. The van der Waals surface area contributed by atoms with Crippen LogP contribution in [0.25, 0.3) is 0 Å². The predicted molar refractivity (Wildman–Crippen MR) is 73.0 cm³/mol. The van der Waals surface area contributed by atoms with Crippen LogP contribution in [-0.2, 0) is 7.05 Å². The van der Waals surface area contributed by atoms with Gasteiger partial charge in [0, 0.05) is 31.4 Å². The molecule has 0 saturated carbocycles. The van der Waals surface area contributed by atoms with Gasteiger partial charge < -0.3 is 10.2 Å². The Bertz CT molecular complexity index is 476. The van der Waals surface area contributed by atoms with E-state index < -0.39 is 0 Å². The second-order valence-corrected chi connectivity index (χ2v) is 5.68. The molecule has 2 fully saturated rings. The zero-order valence-electron chi connectivity index (χ0n) is 11.7. The monoisotopic (exact) mass is 262 g/mol. The van der Waals surface area contributed by atoms with Gasteiger partial charge in [-0.05, 0) is 39.2 Å². The van der Waals surface area contributed by atoms with Crippen molar-refractivity contribution < 1.29 is 4.79 Å². The highest BCUT2D eigenvalue weighted by Gasteiger charge is 2.36. The van der Waals surface area contributed by atoms with E-state index in [1.54, 1.807) is 10.9 Å². The van der Waals surface area contributed by atoms with E-state index in [1.807, 2.05) is 14.0 Å². The maximum absolute atomic E-state index is 12.7. The molecule has 104 valence electrons. The summed E-state index contributed by atoms with van der Waals surface area (Å²) in [5.41, 5.74) is 1.71. The molecular formula is C14H22N4O. The summed E-state index contributed by atoms with van der Waals surface area (Å²) in [7, 11) is 1.88. The van der Waals surface area contributed by atoms with Crippen LogP contribution in [-0.4, -0.2) is 45.8 Å². The summed E-state index contributed by atoms with van der Waals surface area (Å²) in [5.74, 6) is 0.154. The maximum Gasteiger partial charge on any atom is 0.257 e. The van der Waals surface area contributed by atoms with Crippen LogP contribution in [0.1, 0.15) is 41.7 Å². The van der Waals surface area contributed by atoms with E-state index in [9.17, 15) is 4.79 Å². The number of carbonyl (C=O) groups excluding carboxylic acids is 1. The molecule has 5 heteroatoms. The number of amides is 1. The molecule has 2 aliphatic heterocycles. The molecule has 3 rings (SSSR count). The second-order valence-electron chi connectivity index (χ2n) is 5.68. The minimum absolute atomic E-state index is 0.154. The topological polar surface area (TPSA) is 50.2 Å². The molecule has 2 atom stereocenters. The van der Waals surface area contributed by atoms with Gasteiger partial charge in [0.05, 0.1) is 11.8 Å². The average molecular weight is 262 g/mol. The minimum atomic E-state index is 0.154. The average Bonchev–Trinajstić information content (AvgIpc) is 3.11. The number of rotatable bonds is 2. The van der Waals surface area contributed by atoms with Crippen LogP contribution in [0.5, 0.6) is 0 Å². The minimum Gasteiger partial charge on any atom is -0.334 e. The van der Waals surface area contributed by atoms with E-state index in [0.29, 0.717) is 12.1 Å². The van der Waals surface area contributed by atoms with Gasteiger partial charge in [-0.1, -0.05) is 0 Å². The van der Waals surface area contributed by atoms with E-state index in [-0.39, 0.29) is 5.91 Å².